The molecule has 2 rings (SSSR count). The van der Waals surface area contributed by atoms with E-state index in [1.54, 1.807) is 13.8 Å². The van der Waals surface area contributed by atoms with E-state index in [1.807, 2.05) is 4.90 Å². The van der Waals surface area contributed by atoms with Gasteiger partial charge in [0.05, 0.1) is 11.1 Å². The van der Waals surface area contributed by atoms with Crippen LogP contribution in [-0.2, 0) is 12.4 Å². The van der Waals surface area contributed by atoms with Crippen molar-refractivity contribution in [3.05, 3.63) is 34.9 Å². The van der Waals surface area contributed by atoms with Crippen molar-refractivity contribution in [2.24, 2.45) is 5.41 Å². The highest BCUT2D eigenvalue weighted by atomic mass is 35.5. The molecule has 0 bridgehead atoms. The summed E-state index contributed by atoms with van der Waals surface area (Å²) in [6.45, 7) is 4.96. The Morgan fingerprint density at radius 2 is 1.41 bits per heavy atom. The molecular weight excluding hydrogens is 398 g/mol. The van der Waals surface area contributed by atoms with E-state index in [2.05, 4.69) is 5.32 Å². The number of halogens is 7. The summed E-state index contributed by atoms with van der Waals surface area (Å²) in [4.78, 5) is 1.82. The highest BCUT2D eigenvalue weighted by Gasteiger charge is 2.41. The molecule has 0 radical (unpaired) electrons. The van der Waals surface area contributed by atoms with Crippen LogP contribution in [0.2, 0.25) is 0 Å². The fourth-order valence-electron chi connectivity index (χ4n) is 3.32. The molecule has 3 nitrogen and oxygen atoms in total. The van der Waals surface area contributed by atoms with E-state index in [4.69, 9.17) is 0 Å². The number of benzene rings is 1. The van der Waals surface area contributed by atoms with Gasteiger partial charge in [-0.3, -0.25) is 4.90 Å². The highest BCUT2D eigenvalue weighted by molar-refractivity contribution is 5.85. The van der Waals surface area contributed by atoms with Gasteiger partial charge >= 0.3 is 12.4 Å². The van der Waals surface area contributed by atoms with E-state index in [0.717, 1.165) is 12.1 Å². The minimum Gasteiger partial charge on any atom is -0.396 e. The predicted molar refractivity (Wildman–Crippen MR) is 91.7 cm³/mol. The Morgan fingerprint density at radius 3 is 1.78 bits per heavy atom. The quantitative estimate of drug-likeness (QED) is 0.720. The SMILES string of the molecule is CC(C)(CO)[C@@H](c1cc(C(F)(F)F)cc(C(F)(F)F)c1)N1CCNCC1.Cl. The minimum atomic E-state index is -4.90. The second-order valence-electron chi connectivity index (χ2n) is 7.17. The van der Waals surface area contributed by atoms with Crippen molar-refractivity contribution in [2.75, 3.05) is 32.8 Å². The molecule has 1 saturated heterocycles. The molecule has 1 atom stereocenters. The molecule has 0 aliphatic carbocycles. The summed E-state index contributed by atoms with van der Waals surface area (Å²) in [6.07, 6.45) is -9.79. The van der Waals surface area contributed by atoms with Crippen molar-refractivity contribution < 1.29 is 31.4 Å². The molecule has 0 spiro atoms. The third kappa shape index (κ3) is 5.73. The number of aliphatic hydroxyl groups is 1. The van der Waals surface area contributed by atoms with Crippen LogP contribution < -0.4 is 5.32 Å². The number of hydrogen-bond acceptors (Lipinski definition) is 3. The average molecular weight is 421 g/mol. The number of hydrogen-bond donors (Lipinski definition) is 2. The normalized spacial score (nSPS) is 18.1. The van der Waals surface area contributed by atoms with Gasteiger partial charge in [0, 0.05) is 44.2 Å². The molecule has 0 amide bonds. The van der Waals surface area contributed by atoms with E-state index in [0.29, 0.717) is 26.2 Å². The van der Waals surface area contributed by atoms with Crippen molar-refractivity contribution in [1.82, 2.24) is 10.2 Å². The van der Waals surface area contributed by atoms with Gasteiger partial charge in [-0.15, -0.1) is 12.4 Å². The van der Waals surface area contributed by atoms with Crippen molar-refractivity contribution in [1.29, 1.82) is 0 Å². The molecule has 156 valence electrons. The lowest BCUT2D eigenvalue weighted by molar-refractivity contribution is -0.143. The minimum absolute atomic E-state index is 0. The first kappa shape index (κ1) is 24.0. The van der Waals surface area contributed by atoms with Gasteiger partial charge < -0.3 is 10.4 Å². The molecule has 2 N–H and O–H groups in total. The third-order valence-electron chi connectivity index (χ3n) is 4.59. The highest BCUT2D eigenvalue weighted by Crippen LogP contribution is 2.43. The largest absolute Gasteiger partial charge is 0.416 e. The van der Waals surface area contributed by atoms with Crippen molar-refractivity contribution >= 4 is 12.4 Å². The van der Waals surface area contributed by atoms with Crippen LogP contribution in [0.1, 0.15) is 36.6 Å². The monoisotopic (exact) mass is 420 g/mol. The second-order valence-corrected chi connectivity index (χ2v) is 7.17. The first-order valence-electron chi connectivity index (χ1n) is 8.21. The first-order valence-corrected chi connectivity index (χ1v) is 8.21. The summed E-state index contributed by atoms with van der Waals surface area (Å²) < 4.78 is 79.1. The summed E-state index contributed by atoms with van der Waals surface area (Å²) in [6, 6.07) is 0.876. The van der Waals surface area contributed by atoms with E-state index in [1.165, 1.54) is 0 Å². The van der Waals surface area contributed by atoms with Crippen molar-refractivity contribution in [2.45, 2.75) is 32.2 Å². The fourth-order valence-corrected chi connectivity index (χ4v) is 3.32. The second kappa shape index (κ2) is 8.55. The third-order valence-corrected chi connectivity index (χ3v) is 4.59. The lowest BCUT2D eigenvalue weighted by Gasteiger charge is -2.43. The summed E-state index contributed by atoms with van der Waals surface area (Å²) in [5.74, 6) is 0. The molecule has 0 aromatic heterocycles. The van der Waals surface area contributed by atoms with Gasteiger partial charge in [-0.25, -0.2) is 0 Å². The Kier molecular flexibility index (Phi) is 7.60. The van der Waals surface area contributed by atoms with Gasteiger partial charge in [0.2, 0.25) is 0 Å². The lowest BCUT2D eigenvalue weighted by atomic mass is 9.79. The molecule has 1 aromatic carbocycles. The fraction of sp³-hybridized carbons (Fsp3) is 0.647. The summed E-state index contributed by atoms with van der Waals surface area (Å²) in [5.41, 5.74) is -3.69. The topological polar surface area (TPSA) is 35.5 Å². The van der Waals surface area contributed by atoms with Crippen LogP contribution in [0.5, 0.6) is 0 Å². The molecule has 27 heavy (non-hydrogen) atoms. The zero-order valence-electron chi connectivity index (χ0n) is 14.9. The van der Waals surface area contributed by atoms with Crippen LogP contribution >= 0.6 is 12.4 Å². The maximum Gasteiger partial charge on any atom is 0.416 e. The van der Waals surface area contributed by atoms with Gasteiger partial charge in [0.15, 0.2) is 0 Å². The number of piperazine rings is 1. The Balaban J connectivity index is 0.00000364. The zero-order chi connectivity index (χ0) is 19.8. The molecule has 10 heteroatoms. The van der Waals surface area contributed by atoms with Gasteiger partial charge in [-0.1, -0.05) is 13.8 Å². The molecule has 1 aliphatic heterocycles. The Bertz CT molecular complexity index is 595. The van der Waals surface area contributed by atoms with Crippen LogP contribution in [0, 0.1) is 5.41 Å². The van der Waals surface area contributed by atoms with Gasteiger partial charge in [-0.2, -0.15) is 26.3 Å². The average Bonchev–Trinajstić information content (AvgIpc) is 2.54. The number of nitrogens with one attached hydrogen (secondary N) is 1. The van der Waals surface area contributed by atoms with Gasteiger partial charge in [-0.05, 0) is 23.8 Å². The van der Waals surface area contributed by atoms with Gasteiger partial charge in [0.1, 0.15) is 0 Å². The van der Waals surface area contributed by atoms with Crippen LogP contribution in [-0.4, -0.2) is 42.8 Å². The summed E-state index contributed by atoms with van der Waals surface area (Å²) in [5, 5.41) is 12.8. The molecule has 0 unspecified atom stereocenters. The van der Waals surface area contributed by atoms with E-state index >= 15 is 0 Å². The Labute approximate surface area is 160 Å². The van der Waals surface area contributed by atoms with Crippen LogP contribution in [0.15, 0.2) is 18.2 Å². The number of alkyl halides is 6. The van der Waals surface area contributed by atoms with Crippen molar-refractivity contribution in [3.63, 3.8) is 0 Å². The maximum atomic E-state index is 13.2. The van der Waals surface area contributed by atoms with E-state index < -0.39 is 34.9 Å². The smallest absolute Gasteiger partial charge is 0.396 e. The predicted octanol–water partition coefficient (Wildman–Crippen LogP) is 4.11. The van der Waals surface area contributed by atoms with E-state index in [9.17, 15) is 31.4 Å². The van der Waals surface area contributed by atoms with Crippen LogP contribution in [0.25, 0.3) is 0 Å². The number of nitrogens with zero attached hydrogens (tertiary/aromatic N) is 1. The van der Waals surface area contributed by atoms with Gasteiger partial charge in [0.25, 0.3) is 0 Å². The summed E-state index contributed by atoms with van der Waals surface area (Å²) in [7, 11) is 0. The molecule has 1 fully saturated rings. The summed E-state index contributed by atoms with van der Waals surface area (Å²) >= 11 is 0. The molecule has 1 aromatic rings. The van der Waals surface area contributed by atoms with Crippen LogP contribution in [0.3, 0.4) is 0 Å². The number of aliphatic hydroxyl groups excluding tert-OH is 1. The van der Waals surface area contributed by atoms with Crippen LogP contribution in [0.4, 0.5) is 26.3 Å². The Hall–Kier alpha value is -1.03. The lowest BCUT2D eigenvalue weighted by Crippen LogP contribution is -2.49. The maximum absolute atomic E-state index is 13.2. The standard InChI is InChI=1S/C17H22F6N2O.ClH/c1-15(2,10-26)14(25-5-3-24-4-6-25)11-7-12(16(18,19)20)9-13(8-11)17(21,22)23;/h7-9,14,24,26H,3-6,10H2,1-2H3;1H/t14-;/m1./s1. The Morgan fingerprint density at radius 1 is 0.963 bits per heavy atom. The molecule has 0 saturated carbocycles. The van der Waals surface area contributed by atoms with Crippen molar-refractivity contribution in [3.8, 4) is 0 Å². The molecule has 1 aliphatic rings. The molecule has 1 heterocycles. The molecular formula is C17H23ClF6N2O. The number of rotatable bonds is 4. The first-order chi connectivity index (χ1) is 11.9. The van der Waals surface area contributed by atoms with E-state index in [-0.39, 0.29) is 30.6 Å². The zero-order valence-corrected chi connectivity index (χ0v) is 15.7.